The van der Waals surface area contributed by atoms with E-state index < -0.39 is 0 Å². The topological polar surface area (TPSA) is 34.1 Å². The summed E-state index contributed by atoms with van der Waals surface area (Å²) in [4.78, 5) is 3.95. The van der Waals surface area contributed by atoms with Crippen molar-refractivity contribution < 1.29 is 4.74 Å². The van der Waals surface area contributed by atoms with E-state index in [4.69, 9.17) is 4.74 Å². The molecule has 0 aliphatic heterocycles. The molecule has 3 heteroatoms. The highest BCUT2D eigenvalue weighted by molar-refractivity contribution is 5.48. The van der Waals surface area contributed by atoms with E-state index in [1.54, 1.807) is 12.4 Å². The molecule has 1 aromatic heterocycles. The Morgan fingerprint density at radius 1 is 0.889 bits per heavy atom. The molecule has 1 aromatic carbocycles. The number of aromatic nitrogens is 1. The van der Waals surface area contributed by atoms with Gasteiger partial charge in [-0.2, -0.15) is 0 Å². The fraction of sp³-hybridized carbons (Fsp3) is 0.267. The van der Waals surface area contributed by atoms with Crippen LogP contribution in [0.15, 0.2) is 48.8 Å². The summed E-state index contributed by atoms with van der Waals surface area (Å²) in [6.07, 6.45) is 3.43. The highest BCUT2D eigenvalue weighted by Crippen LogP contribution is 2.23. The molecular weight excluding hydrogens is 224 g/mol. The van der Waals surface area contributed by atoms with E-state index in [9.17, 15) is 0 Å². The number of rotatable bonds is 3. The van der Waals surface area contributed by atoms with Crippen LogP contribution >= 0.6 is 0 Å². The largest absolute Gasteiger partial charge is 0.457 e. The molecule has 0 radical (unpaired) electrons. The summed E-state index contributed by atoms with van der Waals surface area (Å²) in [6.45, 7) is 6.40. The SMILES string of the molecule is CC(C)(C)Nc1ccc(Oc2ccncc2)cc1. The van der Waals surface area contributed by atoms with Crippen LogP contribution in [0.5, 0.6) is 11.5 Å². The predicted octanol–water partition coefficient (Wildman–Crippen LogP) is 4.08. The molecule has 1 N–H and O–H groups in total. The Morgan fingerprint density at radius 3 is 2.00 bits per heavy atom. The van der Waals surface area contributed by atoms with Crippen LogP contribution < -0.4 is 10.1 Å². The zero-order chi connectivity index (χ0) is 13.0. The molecular formula is C15H18N2O. The first kappa shape index (κ1) is 12.4. The Labute approximate surface area is 108 Å². The first-order valence-electron chi connectivity index (χ1n) is 5.99. The third-order valence-corrected chi connectivity index (χ3v) is 2.26. The maximum atomic E-state index is 5.70. The third-order valence-electron chi connectivity index (χ3n) is 2.26. The Bertz CT molecular complexity index is 486. The van der Waals surface area contributed by atoms with E-state index in [1.165, 1.54) is 0 Å². The normalized spacial score (nSPS) is 11.1. The lowest BCUT2D eigenvalue weighted by atomic mass is 10.1. The van der Waals surface area contributed by atoms with Gasteiger partial charge >= 0.3 is 0 Å². The van der Waals surface area contributed by atoms with Gasteiger partial charge in [-0.15, -0.1) is 0 Å². The van der Waals surface area contributed by atoms with Gasteiger partial charge in [-0.1, -0.05) is 0 Å². The molecule has 0 spiro atoms. The highest BCUT2D eigenvalue weighted by Gasteiger charge is 2.08. The maximum Gasteiger partial charge on any atom is 0.130 e. The van der Waals surface area contributed by atoms with Crippen LogP contribution in [0.2, 0.25) is 0 Å². The molecule has 0 atom stereocenters. The maximum absolute atomic E-state index is 5.70. The van der Waals surface area contributed by atoms with Gasteiger partial charge in [0.25, 0.3) is 0 Å². The van der Waals surface area contributed by atoms with Crippen LogP contribution in [0.4, 0.5) is 5.69 Å². The van der Waals surface area contributed by atoms with Crippen molar-refractivity contribution in [1.29, 1.82) is 0 Å². The van der Waals surface area contributed by atoms with Crippen molar-refractivity contribution in [3.8, 4) is 11.5 Å². The van der Waals surface area contributed by atoms with E-state index in [2.05, 4.69) is 31.1 Å². The minimum Gasteiger partial charge on any atom is -0.457 e. The average molecular weight is 242 g/mol. The van der Waals surface area contributed by atoms with Crippen molar-refractivity contribution in [2.45, 2.75) is 26.3 Å². The van der Waals surface area contributed by atoms with Crippen molar-refractivity contribution in [3.05, 3.63) is 48.8 Å². The van der Waals surface area contributed by atoms with Crippen molar-refractivity contribution in [2.75, 3.05) is 5.32 Å². The van der Waals surface area contributed by atoms with Crippen LogP contribution in [0.3, 0.4) is 0 Å². The number of hydrogen-bond donors (Lipinski definition) is 1. The number of anilines is 1. The van der Waals surface area contributed by atoms with E-state index in [1.807, 2.05) is 36.4 Å². The van der Waals surface area contributed by atoms with Gasteiger partial charge in [0.15, 0.2) is 0 Å². The van der Waals surface area contributed by atoms with Crippen LogP contribution in [0.25, 0.3) is 0 Å². The zero-order valence-corrected chi connectivity index (χ0v) is 11.0. The number of hydrogen-bond acceptors (Lipinski definition) is 3. The summed E-state index contributed by atoms with van der Waals surface area (Å²) in [5.41, 5.74) is 1.15. The van der Waals surface area contributed by atoms with Gasteiger partial charge in [-0.05, 0) is 57.2 Å². The molecule has 1 heterocycles. The Balaban J connectivity index is 2.04. The molecule has 2 aromatic rings. The van der Waals surface area contributed by atoms with Crippen LogP contribution in [0, 0.1) is 0 Å². The van der Waals surface area contributed by atoms with E-state index in [0.29, 0.717) is 0 Å². The molecule has 0 fully saturated rings. The van der Waals surface area contributed by atoms with Gasteiger partial charge in [0, 0.05) is 23.6 Å². The minimum absolute atomic E-state index is 0.0630. The number of benzene rings is 1. The van der Waals surface area contributed by atoms with Gasteiger partial charge in [0.2, 0.25) is 0 Å². The lowest BCUT2D eigenvalue weighted by Crippen LogP contribution is -2.25. The molecule has 3 nitrogen and oxygen atoms in total. The molecule has 0 amide bonds. The molecule has 0 bridgehead atoms. The lowest BCUT2D eigenvalue weighted by molar-refractivity contribution is 0.482. The minimum atomic E-state index is 0.0630. The second-order valence-corrected chi connectivity index (χ2v) is 5.18. The first-order valence-corrected chi connectivity index (χ1v) is 5.99. The summed E-state index contributed by atoms with van der Waals surface area (Å²) in [6, 6.07) is 11.6. The van der Waals surface area contributed by atoms with Crippen molar-refractivity contribution in [1.82, 2.24) is 4.98 Å². The van der Waals surface area contributed by atoms with E-state index >= 15 is 0 Å². The number of ether oxygens (including phenoxy) is 1. The Hall–Kier alpha value is -2.03. The second-order valence-electron chi connectivity index (χ2n) is 5.18. The number of nitrogens with zero attached hydrogens (tertiary/aromatic N) is 1. The summed E-state index contributed by atoms with van der Waals surface area (Å²) < 4.78 is 5.70. The third kappa shape index (κ3) is 3.77. The number of pyridine rings is 1. The van der Waals surface area contributed by atoms with Crippen LogP contribution in [0.1, 0.15) is 20.8 Å². The Morgan fingerprint density at radius 2 is 1.44 bits per heavy atom. The summed E-state index contributed by atoms with van der Waals surface area (Å²) >= 11 is 0. The summed E-state index contributed by atoms with van der Waals surface area (Å²) in [5, 5.41) is 3.41. The predicted molar refractivity (Wildman–Crippen MR) is 74.1 cm³/mol. The van der Waals surface area contributed by atoms with Crippen molar-refractivity contribution in [3.63, 3.8) is 0 Å². The zero-order valence-electron chi connectivity index (χ0n) is 11.0. The van der Waals surface area contributed by atoms with Crippen LogP contribution in [-0.4, -0.2) is 10.5 Å². The number of nitrogens with one attached hydrogen (secondary N) is 1. The lowest BCUT2D eigenvalue weighted by Gasteiger charge is -2.22. The monoisotopic (exact) mass is 242 g/mol. The quantitative estimate of drug-likeness (QED) is 0.880. The molecule has 0 aliphatic carbocycles. The van der Waals surface area contributed by atoms with Gasteiger partial charge in [0.1, 0.15) is 11.5 Å². The van der Waals surface area contributed by atoms with Crippen molar-refractivity contribution >= 4 is 5.69 Å². The van der Waals surface area contributed by atoms with Gasteiger partial charge in [-0.25, -0.2) is 0 Å². The van der Waals surface area contributed by atoms with Gasteiger partial charge in [0.05, 0.1) is 0 Å². The van der Waals surface area contributed by atoms with E-state index in [-0.39, 0.29) is 5.54 Å². The first-order chi connectivity index (χ1) is 8.53. The molecule has 2 rings (SSSR count). The van der Waals surface area contributed by atoms with Gasteiger partial charge in [-0.3, -0.25) is 4.98 Å². The fourth-order valence-corrected chi connectivity index (χ4v) is 1.58. The standard InChI is InChI=1S/C15H18N2O/c1-15(2,3)17-12-4-6-13(7-5-12)18-14-8-10-16-11-9-14/h4-11,17H,1-3H3. The molecule has 0 unspecified atom stereocenters. The fourth-order valence-electron chi connectivity index (χ4n) is 1.58. The molecule has 0 saturated heterocycles. The summed E-state index contributed by atoms with van der Waals surface area (Å²) in [5.74, 6) is 1.61. The Kier molecular flexibility index (Phi) is 3.51. The highest BCUT2D eigenvalue weighted by atomic mass is 16.5. The molecule has 94 valence electrons. The van der Waals surface area contributed by atoms with Crippen molar-refractivity contribution in [2.24, 2.45) is 0 Å². The smallest absolute Gasteiger partial charge is 0.130 e. The average Bonchev–Trinajstić information content (AvgIpc) is 2.31. The summed E-state index contributed by atoms with van der Waals surface area (Å²) in [7, 11) is 0. The molecule has 0 saturated carbocycles. The van der Waals surface area contributed by atoms with Gasteiger partial charge < -0.3 is 10.1 Å². The molecule has 18 heavy (non-hydrogen) atoms. The van der Waals surface area contributed by atoms with Crippen LogP contribution in [-0.2, 0) is 0 Å². The molecule has 0 aliphatic rings. The van der Waals surface area contributed by atoms with E-state index in [0.717, 1.165) is 17.2 Å². The second kappa shape index (κ2) is 5.08.